The summed E-state index contributed by atoms with van der Waals surface area (Å²) in [5, 5.41) is 6.65. The largest absolute Gasteiger partial charge is 0.356 e. The molecule has 1 aliphatic rings. The Morgan fingerprint density at radius 3 is 2.20 bits per heavy atom. The lowest BCUT2D eigenvalue weighted by Crippen LogP contribution is -2.41. The van der Waals surface area contributed by atoms with Gasteiger partial charge < -0.3 is 10.6 Å². The molecule has 0 unspecified atom stereocenters. The van der Waals surface area contributed by atoms with Gasteiger partial charge in [-0.05, 0) is 64.7 Å². The summed E-state index contributed by atoms with van der Waals surface area (Å²) in [4.78, 5) is 7.13. The van der Waals surface area contributed by atoms with Crippen LogP contribution in [0.4, 0.5) is 0 Å². The van der Waals surface area contributed by atoms with Crippen LogP contribution < -0.4 is 10.6 Å². The molecule has 170 valence electrons. The van der Waals surface area contributed by atoms with E-state index in [4.69, 9.17) is 0 Å². The maximum atomic E-state index is 12.6. The maximum Gasteiger partial charge on any atom is 0.243 e. The predicted octanol–water partition coefficient (Wildman–Crippen LogP) is 2.65. The first kappa shape index (κ1) is 24.6. The summed E-state index contributed by atoms with van der Waals surface area (Å²) in [6.07, 6.45) is 2.93. The molecule has 0 spiro atoms. The summed E-state index contributed by atoms with van der Waals surface area (Å²) in [6, 6.07) is 8.22. The van der Waals surface area contributed by atoms with Gasteiger partial charge >= 0.3 is 0 Å². The minimum Gasteiger partial charge on any atom is -0.356 e. The topological polar surface area (TPSA) is 77.0 Å². The molecule has 7 nitrogen and oxygen atoms in total. The number of rotatable bonds is 10. The SMILES string of the molecule is CN=C(NCCCN(C(C)C)C(C)C)NCc1ccc(S(=O)(=O)N2CCCC2)cc1. The van der Waals surface area contributed by atoms with Gasteiger partial charge in [0.05, 0.1) is 4.90 Å². The minimum atomic E-state index is -3.35. The van der Waals surface area contributed by atoms with Crippen LogP contribution in [0.3, 0.4) is 0 Å². The summed E-state index contributed by atoms with van der Waals surface area (Å²) in [6.45, 7) is 12.7. The summed E-state index contributed by atoms with van der Waals surface area (Å²) < 4.78 is 26.8. The molecule has 2 rings (SSSR count). The van der Waals surface area contributed by atoms with Crippen LogP contribution in [-0.4, -0.2) is 68.9 Å². The molecular weight excluding hydrogens is 398 g/mol. The van der Waals surface area contributed by atoms with Crippen LogP contribution in [0.2, 0.25) is 0 Å². The summed E-state index contributed by atoms with van der Waals surface area (Å²) >= 11 is 0. The van der Waals surface area contributed by atoms with Crippen molar-refractivity contribution in [2.24, 2.45) is 4.99 Å². The molecule has 1 fully saturated rings. The fraction of sp³-hybridized carbons (Fsp3) is 0.682. The average molecular weight is 438 g/mol. The molecule has 0 radical (unpaired) electrons. The number of nitrogens with zero attached hydrogens (tertiary/aromatic N) is 3. The van der Waals surface area contributed by atoms with E-state index in [1.807, 2.05) is 12.1 Å². The van der Waals surface area contributed by atoms with E-state index in [1.54, 1.807) is 23.5 Å². The van der Waals surface area contributed by atoms with E-state index in [0.29, 0.717) is 36.6 Å². The Bertz CT molecular complexity index is 761. The van der Waals surface area contributed by atoms with Crippen molar-refractivity contribution in [3.05, 3.63) is 29.8 Å². The zero-order valence-electron chi connectivity index (χ0n) is 19.2. The highest BCUT2D eigenvalue weighted by Gasteiger charge is 2.26. The van der Waals surface area contributed by atoms with Crippen molar-refractivity contribution in [2.45, 2.75) is 70.5 Å². The molecule has 0 amide bonds. The van der Waals surface area contributed by atoms with Crippen LogP contribution in [-0.2, 0) is 16.6 Å². The molecule has 1 saturated heterocycles. The summed E-state index contributed by atoms with van der Waals surface area (Å²) in [5.41, 5.74) is 1.02. The normalized spacial score (nSPS) is 16.1. The number of guanidine groups is 1. The van der Waals surface area contributed by atoms with Gasteiger partial charge in [-0.3, -0.25) is 9.89 Å². The third-order valence-electron chi connectivity index (χ3n) is 5.52. The Morgan fingerprint density at radius 1 is 1.07 bits per heavy atom. The van der Waals surface area contributed by atoms with Crippen LogP contribution in [0.1, 0.15) is 52.5 Å². The van der Waals surface area contributed by atoms with Gasteiger partial charge in [-0.25, -0.2) is 8.42 Å². The van der Waals surface area contributed by atoms with E-state index in [2.05, 4.69) is 48.2 Å². The van der Waals surface area contributed by atoms with E-state index in [9.17, 15) is 8.42 Å². The molecule has 1 aliphatic heterocycles. The van der Waals surface area contributed by atoms with Crippen LogP contribution in [0.5, 0.6) is 0 Å². The van der Waals surface area contributed by atoms with Gasteiger partial charge in [0.2, 0.25) is 10.0 Å². The molecule has 1 aromatic rings. The Kier molecular flexibility index (Phi) is 9.58. The van der Waals surface area contributed by atoms with E-state index >= 15 is 0 Å². The molecule has 2 N–H and O–H groups in total. The molecule has 1 aromatic carbocycles. The quantitative estimate of drug-likeness (QED) is 0.334. The fourth-order valence-electron chi connectivity index (χ4n) is 3.84. The van der Waals surface area contributed by atoms with E-state index in [-0.39, 0.29) is 0 Å². The lowest BCUT2D eigenvalue weighted by atomic mass is 10.2. The van der Waals surface area contributed by atoms with Crippen LogP contribution in [0.25, 0.3) is 0 Å². The number of hydrogen-bond donors (Lipinski definition) is 2. The number of aliphatic imine (C=N–C) groups is 1. The fourth-order valence-corrected chi connectivity index (χ4v) is 5.36. The number of benzene rings is 1. The highest BCUT2D eigenvalue weighted by molar-refractivity contribution is 7.89. The summed E-state index contributed by atoms with van der Waals surface area (Å²) in [7, 11) is -1.59. The standard InChI is InChI=1S/C22H39N5O2S/c1-18(2)27(19(3)4)16-8-13-24-22(23-5)25-17-20-9-11-21(12-10-20)30(28,29)26-14-6-7-15-26/h9-12,18-19H,6-8,13-17H2,1-5H3,(H2,23,24,25). The minimum absolute atomic E-state index is 0.371. The van der Waals surface area contributed by atoms with Crippen molar-refractivity contribution < 1.29 is 8.42 Å². The number of nitrogens with one attached hydrogen (secondary N) is 2. The Balaban J connectivity index is 1.79. The van der Waals surface area contributed by atoms with Crippen LogP contribution in [0, 0.1) is 0 Å². The third kappa shape index (κ3) is 6.96. The zero-order valence-corrected chi connectivity index (χ0v) is 20.0. The average Bonchev–Trinajstić information content (AvgIpc) is 3.25. The maximum absolute atomic E-state index is 12.6. The smallest absolute Gasteiger partial charge is 0.243 e. The van der Waals surface area contributed by atoms with Gasteiger partial charge in [0, 0.05) is 51.9 Å². The highest BCUT2D eigenvalue weighted by atomic mass is 32.2. The molecule has 0 atom stereocenters. The lowest BCUT2D eigenvalue weighted by molar-refractivity contribution is 0.173. The van der Waals surface area contributed by atoms with Gasteiger partial charge in [-0.15, -0.1) is 0 Å². The lowest BCUT2D eigenvalue weighted by Gasteiger charge is -2.30. The van der Waals surface area contributed by atoms with Crippen molar-refractivity contribution in [3.63, 3.8) is 0 Å². The van der Waals surface area contributed by atoms with E-state index in [1.165, 1.54) is 0 Å². The Morgan fingerprint density at radius 2 is 1.67 bits per heavy atom. The Labute approximate surface area is 183 Å². The van der Waals surface area contributed by atoms with Crippen LogP contribution >= 0.6 is 0 Å². The molecule has 30 heavy (non-hydrogen) atoms. The number of sulfonamides is 1. The van der Waals surface area contributed by atoms with Gasteiger partial charge in [0.1, 0.15) is 0 Å². The van der Waals surface area contributed by atoms with Crippen molar-refractivity contribution >= 4 is 16.0 Å². The first-order chi connectivity index (χ1) is 14.3. The molecular formula is C22H39N5O2S. The van der Waals surface area contributed by atoms with Crippen molar-refractivity contribution in [2.75, 3.05) is 33.2 Å². The molecule has 0 aromatic heterocycles. The molecule has 0 bridgehead atoms. The first-order valence-electron chi connectivity index (χ1n) is 11.0. The molecule has 0 aliphatic carbocycles. The highest BCUT2D eigenvalue weighted by Crippen LogP contribution is 2.21. The second kappa shape index (κ2) is 11.7. The molecule has 0 saturated carbocycles. The molecule has 8 heteroatoms. The van der Waals surface area contributed by atoms with E-state index < -0.39 is 10.0 Å². The van der Waals surface area contributed by atoms with Gasteiger partial charge in [-0.1, -0.05) is 12.1 Å². The van der Waals surface area contributed by atoms with Crippen molar-refractivity contribution in [3.8, 4) is 0 Å². The second-order valence-corrected chi connectivity index (χ2v) is 10.3. The predicted molar refractivity (Wildman–Crippen MR) is 124 cm³/mol. The summed E-state index contributed by atoms with van der Waals surface area (Å²) in [5.74, 6) is 0.754. The third-order valence-corrected chi connectivity index (χ3v) is 7.43. The van der Waals surface area contributed by atoms with Crippen LogP contribution in [0.15, 0.2) is 34.2 Å². The first-order valence-corrected chi connectivity index (χ1v) is 12.5. The monoisotopic (exact) mass is 437 g/mol. The number of hydrogen-bond acceptors (Lipinski definition) is 4. The van der Waals surface area contributed by atoms with Crippen molar-refractivity contribution in [1.29, 1.82) is 0 Å². The molecule has 1 heterocycles. The van der Waals surface area contributed by atoms with Gasteiger partial charge in [0.15, 0.2) is 5.96 Å². The van der Waals surface area contributed by atoms with Gasteiger partial charge in [-0.2, -0.15) is 4.31 Å². The van der Waals surface area contributed by atoms with E-state index in [0.717, 1.165) is 43.9 Å². The Hall–Kier alpha value is -1.64. The second-order valence-electron chi connectivity index (χ2n) is 8.39. The van der Waals surface area contributed by atoms with Gasteiger partial charge in [0.25, 0.3) is 0 Å². The zero-order chi connectivity index (χ0) is 22.1. The van der Waals surface area contributed by atoms with Crippen molar-refractivity contribution in [1.82, 2.24) is 19.8 Å².